The lowest BCUT2D eigenvalue weighted by molar-refractivity contribution is 0.969. The molecule has 3 aromatic heterocycles. The number of aromatic amines is 1. The number of rotatable bonds is 5. The lowest BCUT2D eigenvalue weighted by Crippen LogP contribution is -2.08. The summed E-state index contributed by atoms with van der Waals surface area (Å²) in [4.78, 5) is 16.5. The molecule has 0 aliphatic rings. The van der Waals surface area contributed by atoms with Crippen LogP contribution in [0.15, 0.2) is 53.6 Å². The van der Waals surface area contributed by atoms with E-state index in [0.29, 0.717) is 0 Å². The second kappa shape index (κ2) is 6.18. The van der Waals surface area contributed by atoms with Crippen LogP contribution >= 0.6 is 11.3 Å². The van der Waals surface area contributed by atoms with Crippen LogP contribution in [-0.2, 0) is 6.42 Å². The van der Waals surface area contributed by atoms with Crippen LogP contribution in [0, 0.1) is 0 Å². The van der Waals surface area contributed by atoms with Crippen molar-refractivity contribution in [1.82, 2.24) is 19.9 Å². The van der Waals surface area contributed by atoms with Gasteiger partial charge in [-0.3, -0.25) is 0 Å². The van der Waals surface area contributed by atoms with Crippen LogP contribution in [0.5, 0.6) is 0 Å². The predicted octanol–water partition coefficient (Wildman–Crippen LogP) is 3.74. The minimum atomic E-state index is 0.758. The van der Waals surface area contributed by atoms with Crippen LogP contribution in [-0.4, -0.2) is 26.5 Å². The molecular formula is C17H15N5S. The largest absolute Gasteiger partial charge is 0.369 e. The van der Waals surface area contributed by atoms with E-state index in [0.717, 1.165) is 46.8 Å². The summed E-state index contributed by atoms with van der Waals surface area (Å²) in [6.45, 7) is 0.784. The summed E-state index contributed by atoms with van der Waals surface area (Å²) in [6.07, 6.45) is 4.41. The summed E-state index contributed by atoms with van der Waals surface area (Å²) in [5, 5.41) is 8.58. The van der Waals surface area contributed by atoms with Crippen molar-refractivity contribution in [1.29, 1.82) is 0 Å². The zero-order chi connectivity index (χ0) is 15.5. The fourth-order valence-electron chi connectivity index (χ4n) is 2.47. The molecule has 0 saturated carbocycles. The molecule has 0 bridgehead atoms. The van der Waals surface area contributed by atoms with E-state index in [2.05, 4.69) is 25.6 Å². The Hall–Kier alpha value is -2.73. The maximum atomic E-state index is 4.72. The predicted molar refractivity (Wildman–Crippen MR) is 93.6 cm³/mol. The van der Waals surface area contributed by atoms with Crippen LogP contribution in [0.3, 0.4) is 0 Å². The third kappa shape index (κ3) is 2.93. The second-order valence-electron chi connectivity index (χ2n) is 5.18. The Morgan fingerprint density at radius 2 is 2.09 bits per heavy atom. The molecule has 0 atom stereocenters. The number of benzene rings is 1. The molecule has 0 spiro atoms. The molecule has 114 valence electrons. The monoisotopic (exact) mass is 321 g/mol. The van der Waals surface area contributed by atoms with Crippen molar-refractivity contribution in [3.8, 4) is 11.4 Å². The van der Waals surface area contributed by atoms with Crippen molar-refractivity contribution >= 4 is 28.1 Å². The zero-order valence-corrected chi connectivity index (χ0v) is 13.2. The van der Waals surface area contributed by atoms with E-state index in [9.17, 15) is 0 Å². The smallest absolute Gasteiger partial charge is 0.162 e. The molecule has 5 nitrogen and oxygen atoms in total. The van der Waals surface area contributed by atoms with Crippen LogP contribution in [0.1, 0.15) is 5.69 Å². The number of H-pyrrole nitrogens is 1. The molecule has 3 heterocycles. The third-order valence-corrected chi connectivity index (χ3v) is 4.31. The fraction of sp³-hybridized carbons (Fsp3) is 0.118. The first-order chi connectivity index (χ1) is 11.4. The molecule has 0 unspecified atom stereocenters. The number of nitrogens with zero attached hydrogens (tertiary/aromatic N) is 3. The molecule has 4 rings (SSSR count). The summed E-state index contributed by atoms with van der Waals surface area (Å²) in [6, 6.07) is 10.1. The van der Waals surface area contributed by atoms with Crippen LogP contribution < -0.4 is 5.32 Å². The average Bonchev–Trinajstić information content (AvgIpc) is 3.28. The van der Waals surface area contributed by atoms with Gasteiger partial charge in [0.25, 0.3) is 0 Å². The SMILES string of the molecule is c1ccc2c(NCCc3cnc[nH]3)nc(-c3ccsc3)nc2c1. The van der Waals surface area contributed by atoms with E-state index in [1.165, 1.54) is 0 Å². The molecule has 6 heteroatoms. The Labute approximate surface area is 137 Å². The van der Waals surface area contributed by atoms with Gasteiger partial charge >= 0.3 is 0 Å². The second-order valence-corrected chi connectivity index (χ2v) is 5.96. The van der Waals surface area contributed by atoms with Crippen molar-refractivity contribution in [2.24, 2.45) is 0 Å². The van der Waals surface area contributed by atoms with Crippen LogP contribution in [0.2, 0.25) is 0 Å². The van der Waals surface area contributed by atoms with Crippen molar-refractivity contribution in [2.45, 2.75) is 6.42 Å². The highest BCUT2D eigenvalue weighted by Gasteiger charge is 2.09. The normalized spacial score (nSPS) is 11.0. The first kappa shape index (κ1) is 13.9. The van der Waals surface area contributed by atoms with E-state index in [-0.39, 0.29) is 0 Å². The molecule has 23 heavy (non-hydrogen) atoms. The van der Waals surface area contributed by atoms with Crippen molar-refractivity contribution in [3.63, 3.8) is 0 Å². The molecule has 0 amide bonds. The van der Waals surface area contributed by atoms with Gasteiger partial charge in [0.05, 0.1) is 11.8 Å². The highest BCUT2D eigenvalue weighted by molar-refractivity contribution is 7.08. The van der Waals surface area contributed by atoms with E-state index in [1.807, 2.05) is 41.9 Å². The van der Waals surface area contributed by atoms with E-state index >= 15 is 0 Å². The Kier molecular flexibility index (Phi) is 3.73. The lowest BCUT2D eigenvalue weighted by atomic mass is 10.2. The van der Waals surface area contributed by atoms with Gasteiger partial charge in [-0.1, -0.05) is 12.1 Å². The number of hydrogen-bond donors (Lipinski definition) is 2. The van der Waals surface area contributed by atoms with Gasteiger partial charge in [-0.2, -0.15) is 11.3 Å². The van der Waals surface area contributed by atoms with E-state index in [4.69, 9.17) is 4.98 Å². The topological polar surface area (TPSA) is 66.5 Å². The third-order valence-electron chi connectivity index (χ3n) is 3.62. The first-order valence-corrected chi connectivity index (χ1v) is 8.35. The Morgan fingerprint density at radius 1 is 1.13 bits per heavy atom. The number of thiophene rings is 1. The van der Waals surface area contributed by atoms with Gasteiger partial charge in [0, 0.05) is 41.2 Å². The summed E-state index contributed by atoms with van der Waals surface area (Å²) >= 11 is 1.65. The summed E-state index contributed by atoms with van der Waals surface area (Å²) in [7, 11) is 0. The van der Waals surface area contributed by atoms with E-state index < -0.39 is 0 Å². The van der Waals surface area contributed by atoms with E-state index in [1.54, 1.807) is 17.7 Å². The van der Waals surface area contributed by atoms with Gasteiger partial charge in [-0.25, -0.2) is 15.0 Å². The van der Waals surface area contributed by atoms with Gasteiger partial charge in [-0.05, 0) is 23.6 Å². The minimum absolute atomic E-state index is 0.758. The fourth-order valence-corrected chi connectivity index (χ4v) is 3.10. The molecule has 0 fully saturated rings. The molecule has 4 aromatic rings. The highest BCUT2D eigenvalue weighted by Crippen LogP contribution is 2.25. The Balaban J connectivity index is 1.66. The van der Waals surface area contributed by atoms with Gasteiger partial charge < -0.3 is 10.3 Å². The molecule has 0 radical (unpaired) electrons. The molecule has 1 aromatic carbocycles. The quantitative estimate of drug-likeness (QED) is 0.588. The molecular weight excluding hydrogens is 306 g/mol. The van der Waals surface area contributed by atoms with Gasteiger partial charge in [0.15, 0.2) is 5.82 Å². The number of hydrogen-bond acceptors (Lipinski definition) is 5. The van der Waals surface area contributed by atoms with Crippen LogP contribution in [0.25, 0.3) is 22.3 Å². The Bertz CT molecular complexity index is 900. The first-order valence-electron chi connectivity index (χ1n) is 7.40. The maximum Gasteiger partial charge on any atom is 0.162 e. The zero-order valence-electron chi connectivity index (χ0n) is 12.4. The lowest BCUT2D eigenvalue weighted by Gasteiger charge is -2.10. The number of aromatic nitrogens is 4. The Morgan fingerprint density at radius 3 is 2.91 bits per heavy atom. The van der Waals surface area contributed by atoms with Gasteiger partial charge in [-0.15, -0.1) is 0 Å². The summed E-state index contributed by atoms with van der Waals surface area (Å²) in [5.74, 6) is 1.63. The number of imidazole rings is 1. The van der Waals surface area contributed by atoms with Crippen molar-refractivity contribution in [2.75, 3.05) is 11.9 Å². The molecule has 0 aliphatic carbocycles. The van der Waals surface area contributed by atoms with Crippen LogP contribution in [0.4, 0.5) is 5.82 Å². The van der Waals surface area contributed by atoms with Gasteiger partial charge in [0.1, 0.15) is 5.82 Å². The molecule has 0 saturated heterocycles. The highest BCUT2D eigenvalue weighted by atomic mass is 32.1. The maximum absolute atomic E-state index is 4.72. The molecule has 2 N–H and O–H groups in total. The standard InChI is InChI=1S/C17H15N5S/c1-2-4-15-14(3-1)17(19-7-5-13-9-18-11-20-13)22-16(21-15)12-6-8-23-10-12/h1-4,6,8-11H,5,7H2,(H,18,20)(H,19,21,22). The summed E-state index contributed by atoms with van der Waals surface area (Å²) in [5.41, 5.74) is 3.11. The molecule has 0 aliphatic heterocycles. The number of anilines is 1. The number of para-hydroxylation sites is 1. The number of nitrogens with one attached hydrogen (secondary N) is 2. The minimum Gasteiger partial charge on any atom is -0.369 e. The average molecular weight is 321 g/mol. The van der Waals surface area contributed by atoms with Gasteiger partial charge in [0.2, 0.25) is 0 Å². The summed E-state index contributed by atoms with van der Waals surface area (Å²) < 4.78 is 0. The van der Waals surface area contributed by atoms with Crippen molar-refractivity contribution in [3.05, 3.63) is 59.3 Å². The van der Waals surface area contributed by atoms with Crippen molar-refractivity contribution < 1.29 is 0 Å². The number of fused-ring (bicyclic) bond motifs is 1.